The summed E-state index contributed by atoms with van der Waals surface area (Å²) in [5.74, 6) is -0.427. The number of nitrogens with zero attached hydrogens (tertiary/aromatic N) is 2. The molecule has 1 heterocycles. The molecule has 0 amide bonds. The fourth-order valence-corrected chi connectivity index (χ4v) is 1.43. The van der Waals surface area contributed by atoms with Gasteiger partial charge in [0.2, 0.25) is 0 Å². The van der Waals surface area contributed by atoms with Crippen molar-refractivity contribution >= 4 is 22.8 Å². The van der Waals surface area contributed by atoms with Crippen molar-refractivity contribution in [1.29, 1.82) is 0 Å². The van der Waals surface area contributed by atoms with Crippen LogP contribution >= 0.6 is 0 Å². The van der Waals surface area contributed by atoms with E-state index >= 15 is 0 Å². The second kappa shape index (κ2) is 6.39. The van der Waals surface area contributed by atoms with Crippen molar-refractivity contribution in [2.75, 3.05) is 0 Å². The summed E-state index contributed by atoms with van der Waals surface area (Å²) >= 11 is 0. The second-order valence-corrected chi connectivity index (χ2v) is 3.79. The van der Waals surface area contributed by atoms with Crippen molar-refractivity contribution in [2.24, 2.45) is 5.34 Å². The summed E-state index contributed by atoms with van der Waals surface area (Å²) in [5, 5.41) is 16.3. The van der Waals surface area contributed by atoms with Crippen LogP contribution in [0.15, 0.2) is 29.2 Å². The Kier molecular flexibility index (Phi) is 4.87. The number of aromatic nitrogens is 2. The van der Waals surface area contributed by atoms with E-state index in [9.17, 15) is 9.18 Å². The number of carbonyl (C=O) groups excluding carboxylic acids is 1. The lowest BCUT2D eigenvalue weighted by Gasteiger charge is -1.99. The molecule has 0 aliphatic rings. The number of carbonyl (C=O) groups is 1. The van der Waals surface area contributed by atoms with E-state index in [4.69, 9.17) is 10.1 Å². The van der Waals surface area contributed by atoms with Gasteiger partial charge in [0.25, 0.3) is 0 Å². The highest BCUT2D eigenvalue weighted by Gasteiger charge is 2.05. The summed E-state index contributed by atoms with van der Waals surface area (Å²) in [7, 11) is 0. The topological polar surface area (TPSA) is 98.2 Å². The number of H-pyrrole nitrogens is 1. The molecule has 0 aliphatic carbocycles. The SMILES string of the molecule is CC(=O)/C(C)=C/c1cc2cn[nH]c2cc1F.O=N[O-]. The van der Waals surface area contributed by atoms with E-state index in [0.29, 0.717) is 16.7 Å². The average molecular weight is 264 g/mol. The Balaban J connectivity index is 0.000000550. The molecular formula is C12H11FN3O3-. The van der Waals surface area contributed by atoms with E-state index in [1.54, 1.807) is 25.3 Å². The zero-order valence-electron chi connectivity index (χ0n) is 10.3. The molecular weight excluding hydrogens is 253 g/mol. The predicted octanol–water partition coefficient (Wildman–Crippen LogP) is 2.94. The smallest absolute Gasteiger partial charge is 0.155 e. The molecule has 0 atom stereocenters. The van der Waals surface area contributed by atoms with E-state index in [1.807, 2.05) is 0 Å². The van der Waals surface area contributed by atoms with Crippen LogP contribution in [0, 0.1) is 15.9 Å². The minimum absolute atomic E-state index is 0.0632. The van der Waals surface area contributed by atoms with Crippen molar-refractivity contribution in [3.63, 3.8) is 0 Å². The van der Waals surface area contributed by atoms with Gasteiger partial charge in [-0.05, 0) is 31.6 Å². The molecule has 1 N–H and O–H groups in total. The molecule has 0 aliphatic heterocycles. The van der Waals surface area contributed by atoms with Crippen LogP contribution in [-0.4, -0.2) is 16.0 Å². The molecule has 0 bridgehead atoms. The van der Waals surface area contributed by atoms with Gasteiger partial charge in [-0.1, -0.05) is 0 Å². The van der Waals surface area contributed by atoms with Gasteiger partial charge in [0.1, 0.15) is 5.82 Å². The maximum atomic E-state index is 13.6. The lowest BCUT2D eigenvalue weighted by atomic mass is 10.1. The highest BCUT2D eigenvalue weighted by atomic mass is 19.1. The first kappa shape index (κ1) is 14.5. The van der Waals surface area contributed by atoms with Crippen molar-refractivity contribution in [2.45, 2.75) is 13.8 Å². The van der Waals surface area contributed by atoms with Crippen LogP contribution in [0.5, 0.6) is 0 Å². The van der Waals surface area contributed by atoms with Gasteiger partial charge in [-0.25, -0.2) is 4.39 Å². The van der Waals surface area contributed by atoms with Crippen LogP contribution in [-0.2, 0) is 4.79 Å². The molecule has 6 nitrogen and oxygen atoms in total. The number of allylic oxidation sites excluding steroid dienone is 1. The van der Waals surface area contributed by atoms with E-state index in [1.165, 1.54) is 13.0 Å². The molecule has 100 valence electrons. The highest BCUT2D eigenvalue weighted by molar-refractivity contribution is 5.97. The van der Waals surface area contributed by atoms with Crippen molar-refractivity contribution in [3.8, 4) is 0 Å². The number of benzene rings is 1. The third-order valence-electron chi connectivity index (χ3n) is 2.48. The summed E-state index contributed by atoms with van der Waals surface area (Å²) in [5.41, 5.74) is 1.58. The quantitative estimate of drug-likeness (QED) is 0.512. The third-order valence-corrected chi connectivity index (χ3v) is 2.48. The fraction of sp³-hybridized carbons (Fsp3) is 0.167. The number of fused-ring (bicyclic) bond motifs is 1. The lowest BCUT2D eigenvalue weighted by Crippen LogP contribution is -1.92. The van der Waals surface area contributed by atoms with Gasteiger partial charge in [-0.3, -0.25) is 9.89 Å². The average Bonchev–Trinajstić information content (AvgIpc) is 2.77. The zero-order chi connectivity index (χ0) is 14.4. The van der Waals surface area contributed by atoms with Gasteiger partial charge >= 0.3 is 0 Å². The zero-order valence-corrected chi connectivity index (χ0v) is 10.3. The standard InChI is InChI=1S/C12H11FN2O.HNO2/c1-7(8(2)16)3-9-4-10-6-14-15-12(10)5-11(9)13;2-1-3/h3-6H,1-2H3,(H,14,15);(H,2,3)/p-1/b7-3+;. The Morgan fingerprint density at radius 2 is 2.11 bits per heavy atom. The number of hydrogen-bond donors (Lipinski definition) is 1. The van der Waals surface area contributed by atoms with Crippen LogP contribution in [0.25, 0.3) is 17.0 Å². The summed E-state index contributed by atoms with van der Waals surface area (Å²) in [6.07, 6.45) is 3.17. The predicted molar refractivity (Wildman–Crippen MR) is 69.5 cm³/mol. The summed E-state index contributed by atoms with van der Waals surface area (Å²) in [6.45, 7) is 3.13. The van der Waals surface area contributed by atoms with Crippen molar-refractivity contribution in [3.05, 3.63) is 45.4 Å². The summed E-state index contributed by atoms with van der Waals surface area (Å²) < 4.78 is 13.6. The van der Waals surface area contributed by atoms with Gasteiger partial charge in [0.15, 0.2) is 5.78 Å². The van der Waals surface area contributed by atoms with Crippen LogP contribution in [0.1, 0.15) is 19.4 Å². The molecule has 1 aromatic carbocycles. The molecule has 7 heteroatoms. The maximum absolute atomic E-state index is 13.6. The molecule has 0 spiro atoms. The number of Topliss-reactive ketones (excluding diaryl/α,β-unsaturated/α-hetero) is 1. The van der Waals surface area contributed by atoms with Gasteiger partial charge in [0, 0.05) is 17.0 Å². The molecule has 2 rings (SSSR count). The van der Waals surface area contributed by atoms with E-state index < -0.39 is 0 Å². The van der Waals surface area contributed by atoms with Crippen LogP contribution < -0.4 is 0 Å². The van der Waals surface area contributed by atoms with Gasteiger partial charge in [-0.15, -0.1) is 5.34 Å². The maximum Gasteiger partial charge on any atom is 0.155 e. The van der Waals surface area contributed by atoms with E-state index in [2.05, 4.69) is 10.2 Å². The van der Waals surface area contributed by atoms with E-state index in [-0.39, 0.29) is 11.6 Å². The Labute approximate surface area is 107 Å². The first-order chi connectivity index (χ1) is 8.99. The first-order valence-corrected chi connectivity index (χ1v) is 5.26. The highest BCUT2D eigenvalue weighted by Crippen LogP contribution is 2.19. The Bertz CT molecular complexity index is 634. The van der Waals surface area contributed by atoms with Gasteiger partial charge < -0.3 is 10.1 Å². The normalized spacial score (nSPS) is 10.8. The molecule has 0 saturated carbocycles. The summed E-state index contributed by atoms with van der Waals surface area (Å²) in [4.78, 5) is 19.1. The number of halogens is 1. The van der Waals surface area contributed by atoms with Crippen LogP contribution in [0.4, 0.5) is 4.39 Å². The van der Waals surface area contributed by atoms with Crippen molar-refractivity contribution < 1.29 is 9.18 Å². The molecule has 0 unspecified atom stereocenters. The first-order valence-electron chi connectivity index (χ1n) is 5.26. The molecule has 19 heavy (non-hydrogen) atoms. The van der Waals surface area contributed by atoms with Crippen LogP contribution in [0.2, 0.25) is 0 Å². The molecule has 0 radical (unpaired) electrons. The number of ketones is 1. The lowest BCUT2D eigenvalue weighted by molar-refractivity contribution is -0.113. The molecule has 2 aromatic rings. The Morgan fingerprint density at radius 3 is 2.68 bits per heavy atom. The number of hydrogen-bond acceptors (Lipinski definition) is 5. The fourth-order valence-electron chi connectivity index (χ4n) is 1.43. The molecule has 1 aromatic heterocycles. The summed E-state index contributed by atoms with van der Waals surface area (Å²) in [6, 6.07) is 3.04. The Hall–Kier alpha value is -2.57. The van der Waals surface area contributed by atoms with E-state index in [0.717, 1.165) is 10.7 Å². The minimum Gasteiger partial charge on any atom is -0.444 e. The van der Waals surface area contributed by atoms with Gasteiger partial charge in [-0.2, -0.15) is 5.10 Å². The van der Waals surface area contributed by atoms with Crippen molar-refractivity contribution in [1.82, 2.24) is 10.2 Å². The number of nitrogens with one attached hydrogen (secondary N) is 1. The monoisotopic (exact) mass is 264 g/mol. The molecule has 0 fully saturated rings. The third kappa shape index (κ3) is 3.70. The second-order valence-electron chi connectivity index (χ2n) is 3.79. The number of aromatic amines is 1. The minimum atomic E-state index is -0.364. The number of rotatable bonds is 2. The van der Waals surface area contributed by atoms with Crippen LogP contribution in [0.3, 0.4) is 0 Å². The van der Waals surface area contributed by atoms with Gasteiger partial charge in [0.05, 0.1) is 11.7 Å². The Morgan fingerprint density at radius 1 is 1.47 bits per heavy atom. The largest absolute Gasteiger partial charge is 0.444 e. The molecule has 0 saturated heterocycles.